The van der Waals surface area contributed by atoms with E-state index in [-0.39, 0.29) is 11.7 Å². The standard InChI is InChI=1S/C12H14N2O2/c1-7(6-13)12(15)9-3-4-10-11(5-9)16-8(2)14-10/h3-5,7H,6,13H2,1-2H3. The minimum absolute atomic E-state index is 0.0402. The first kappa shape index (κ1) is 10.8. The van der Waals surface area contributed by atoms with Crippen molar-refractivity contribution in [3.63, 3.8) is 0 Å². The van der Waals surface area contributed by atoms with E-state index in [1.165, 1.54) is 0 Å². The summed E-state index contributed by atoms with van der Waals surface area (Å²) < 4.78 is 5.38. The molecule has 1 unspecified atom stereocenters. The van der Waals surface area contributed by atoms with Crippen molar-refractivity contribution in [3.8, 4) is 0 Å². The fourth-order valence-corrected chi connectivity index (χ4v) is 1.58. The number of hydrogen-bond acceptors (Lipinski definition) is 4. The first-order valence-corrected chi connectivity index (χ1v) is 5.23. The molecule has 1 heterocycles. The van der Waals surface area contributed by atoms with Gasteiger partial charge in [-0.15, -0.1) is 0 Å². The zero-order valence-corrected chi connectivity index (χ0v) is 9.36. The highest BCUT2D eigenvalue weighted by Crippen LogP contribution is 2.18. The molecule has 0 bridgehead atoms. The van der Waals surface area contributed by atoms with Gasteiger partial charge < -0.3 is 10.2 Å². The molecular formula is C12H14N2O2. The Kier molecular flexibility index (Phi) is 2.75. The molecule has 0 aliphatic rings. The van der Waals surface area contributed by atoms with Gasteiger partial charge in [0.05, 0.1) is 0 Å². The van der Waals surface area contributed by atoms with Gasteiger partial charge in [0.15, 0.2) is 17.3 Å². The Bertz CT molecular complexity index is 531. The SMILES string of the molecule is Cc1nc2ccc(C(=O)C(C)CN)cc2o1. The van der Waals surface area contributed by atoms with Crippen molar-refractivity contribution in [1.82, 2.24) is 4.98 Å². The summed E-state index contributed by atoms with van der Waals surface area (Å²) >= 11 is 0. The van der Waals surface area contributed by atoms with Crippen LogP contribution < -0.4 is 5.73 Å². The van der Waals surface area contributed by atoms with Gasteiger partial charge >= 0.3 is 0 Å². The van der Waals surface area contributed by atoms with E-state index in [1.54, 1.807) is 25.1 Å². The Labute approximate surface area is 93.5 Å². The van der Waals surface area contributed by atoms with E-state index in [1.807, 2.05) is 6.92 Å². The summed E-state index contributed by atoms with van der Waals surface area (Å²) in [5, 5.41) is 0. The molecule has 0 aliphatic heterocycles. The average Bonchev–Trinajstić information content (AvgIpc) is 2.65. The van der Waals surface area contributed by atoms with Gasteiger partial charge in [-0.3, -0.25) is 4.79 Å². The Morgan fingerprint density at radius 3 is 3.00 bits per heavy atom. The third-order valence-electron chi connectivity index (χ3n) is 2.58. The average molecular weight is 218 g/mol. The van der Waals surface area contributed by atoms with Gasteiger partial charge in [-0.1, -0.05) is 6.92 Å². The topological polar surface area (TPSA) is 69.1 Å². The van der Waals surface area contributed by atoms with E-state index in [4.69, 9.17) is 10.2 Å². The second kappa shape index (κ2) is 4.06. The summed E-state index contributed by atoms with van der Waals surface area (Å²) in [5.74, 6) is 0.478. The number of carbonyl (C=O) groups is 1. The van der Waals surface area contributed by atoms with Crippen molar-refractivity contribution in [2.75, 3.05) is 6.54 Å². The van der Waals surface area contributed by atoms with Gasteiger partial charge in [0.25, 0.3) is 0 Å². The molecule has 1 aromatic heterocycles. The zero-order valence-electron chi connectivity index (χ0n) is 9.36. The molecule has 1 atom stereocenters. The van der Waals surface area contributed by atoms with Gasteiger partial charge in [0, 0.05) is 24.9 Å². The number of ketones is 1. The molecule has 2 aromatic rings. The highest BCUT2D eigenvalue weighted by atomic mass is 16.3. The van der Waals surface area contributed by atoms with Crippen LogP contribution in [0.3, 0.4) is 0 Å². The van der Waals surface area contributed by atoms with Crippen LogP contribution in [0.4, 0.5) is 0 Å². The van der Waals surface area contributed by atoms with Gasteiger partial charge in [0.2, 0.25) is 0 Å². The molecule has 4 nitrogen and oxygen atoms in total. The van der Waals surface area contributed by atoms with Crippen LogP contribution in [-0.2, 0) is 0 Å². The maximum Gasteiger partial charge on any atom is 0.192 e. The number of oxazole rings is 1. The van der Waals surface area contributed by atoms with E-state index in [0.717, 1.165) is 5.52 Å². The number of aryl methyl sites for hydroxylation is 1. The van der Waals surface area contributed by atoms with Crippen LogP contribution >= 0.6 is 0 Å². The number of hydrogen-bond donors (Lipinski definition) is 1. The van der Waals surface area contributed by atoms with E-state index in [9.17, 15) is 4.79 Å². The number of aromatic nitrogens is 1. The van der Waals surface area contributed by atoms with E-state index >= 15 is 0 Å². The number of nitrogens with zero attached hydrogens (tertiary/aromatic N) is 1. The van der Waals surface area contributed by atoms with E-state index in [0.29, 0.717) is 23.6 Å². The summed E-state index contributed by atoms with van der Waals surface area (Å²) in [6.45, 7) is 3.95. The number of Topliss-reactive ketones (excluding diaryl/α,β-unsaturated/α-hetero) is 1. The third-order valence-corrected chi connectivity index (χ3v) is 2.58. The van der Waals surface area contributed by atoms with Crippen molar-refractivity contribution in [2.24, 2.45) is 11.7 Å². The van der Waals surface area contributed by atoms with Gasteiger partial charge in [-0.25, -0.2) is 4.98 Å². The predicted octanol–water partition coefficient (Wildman–Crippen LogP) is 1.91. The Morgan fingerprint density at radius 2 is 2.31 bits per heavy atom. The van der Waals surface area contributed by atoms with Crippen LogP contribution in [-0.4, -0.2) is 17.3 Å². The Balaban J connectivity index is 2.42. The molecule has 2 rings (SSSR count). The van der Waals surface area contributed by atoms with Crippen molar-refractivity contribution < 1.29 is 9.21 Å². The fraction of sp³-hybridized carbons (Fsp3) is 0.333. The molecule has 2 N–H and O–H groups in total. The van der Waals surface area contributed by atoms with Crippen molar-refractivity contribution in [2.45, 2.75) is 13.8 Å². The second-order valence-electron chi connectivity index (χ2n) is 3.92. The monoisotopic (exact) mass is 218 g/mol. The first-order valence-electron chi connectivity index (χ1n) is 5.23. The lowest BCUT2D eigenvalue weighted by molar-refractivity contribution is 0.0934. The molecular weight excluding hydrogens is 204 g/mol. The van der Waals surface area contributed by atoms with Crippen LogP contribution in [0.2, 0.25) is 0 Å². The Morgan fingerprint density at radius 1 is 1.56 bits per heavy atom. The lowest BCUT2D eigenvalue weighted by Crippen LogP contribution is -2.20. The number of carbonyl (C=O) groups excluding carboxylic acids is 1. The maximum absolute atomic E-state index is 11.9. The largest absolute Gasteiger partial charge is 0.441 e. The van der Waals surface area contributed by atoms with Gasteiger partial charge in [0.1, 0.15) is 5.52 Å². The zero-order chi connectivity index (χ0) is 11.7. The van der Waals surface area contributed by atoms with Crippen LogP contribution in [0.15, 0.2) is 22.6 Å². The molecule has 0 spiro atoms. The Hall–Kier alpha value is -1.68. The molecule has 0 aliphatic carbocycles. The molecule has 84 valence electrons. The number of nitrogens with two attached hydrogens (primary N) is 1. The molecule has 0 saturated carbocycles. The smallest absolute Gasteiger partial charge is 0.192 e. The minimum Gasteiger partial charge on any atom is -0.441 e. The number of fused-ring (bicyclic) bond motifs is 1. The molecule has 4 heteroatoms. The maximum atomic E-state index is 11.9. The van der Waals surface area contributed by atoms with Crippen molar-refractivity contribution >= 4 is 16.9 Å². The normalized spacial score (nSPS) is 12.9. The summed E-state index contributed by atoms with van der Waals surface area (Å²) in [7, 11) is 0. The fourth-order valence-electron chi connectivity index (χ4n) is 1.58. The molecule has 0 fully saturated rings. The van der Waals surface area contributed by atoms with Crippen LogP contribution in [0.25, 0.3) is 11.1 Å². The van der Waals surface area contributed by atoms with E-state index in [2.05, 4.69) is 4.98 Å². The van der Waals surface area contributed by atoms with Crippen LogP contribution in [0.5, 0.6) is 0 Å². The molecule has 16 heavy (non-hydrogen) atoms. The molecule has 0 radical (unpaired) electrons. The predicted molar refractivity (Wildman–Crippen MR) is 61.3 cm³/mol. The molecule has 0 amide bonds. The van der Waals surface area contributed by atoms with Crippen molar-refractivity contribution in [1.29, 1.82) is 0 Å². The third kappa shape index (κ3) is 1.84. The van der Waals surface area contributed by atoms with Gasteiger partial charge in [-0.05, 0) is 18.2 Å². The highest BCUT2D eigenvalue weighted by Gasteiger charge is 2.14. The minimum atomic E-state index is -0.165. The van der Waals surface area contributed by atoms with Gasteiger partial charge in [-0.2, -0.15) is 0 Å². The van der Waals surface area contributed by atoms with Crippen LogP contribution in [0.1, 0.15) is 23.2 Å². The molecule has 1 aromatic carbocycles. The van der Waals surface area contributed by atoms with E-state index < -0.39 is 0 Å². The summed E-state index contributed by atoms with van der Waals surface area (Å²) in [4.78, 5) is 16.1. The summed E-state index contributed by atoms with van der Waals surface area (Å²) in [6.07, 6.45) is 0. The van der Waals surface area contributed by atoms with Crippen LogP contribution in [0, 0.1) is 12.8 Å². The van der Waals surface area contributed by atoms with Crippen molar-refractivity contribution in [3.05, 3.63) is 29.7 Å². The highest BCUT2D eigenvalue weighted by molar-refractivity contribution is 6.00. The second-order valence-corrected chi connectivity index (χ2v) is 3.92. The lowest BCUT2D eigenvalue weighted by atomic mass is 9.99. The quantitative estimate of drug-likeness (QED) is 0.799. The molecule has 0 saturated heterocycles. The number of rotatable bonds is 3. The number of benzene rings is 1. The summed E-state index contributed by atoms with van der Waals surface area (Å²) in [6, 6.07) is 5.28. The first-order chi connectivity index (χ1) is 7.61. The summed E-state index contributed by atoms with van der Waals surface area (Å²) in [5.41, 5.74) is 7.52. The lowest BCUT2D eigenvalue weighted by Gasteiger charge is -2.06.